The summed E-state index contributed by atoms with van der Waals surface area (Å²) >= 11 is 0. The summed E-state index contributed by atoms with van der Waals surface area (Å²) in [4.78, 5) is 0. The molecule has 0 saturated carbocycles. The Labute approximate surface area is 84.4 Å². The summed E-state index contributed by atoms with van der Waals surface area (Å²) in [7, 11) is 0. The van der Waals surface area contributed by atoms with E-state index in [9.17, 15) is 0 Å². The van der Waals surface area contributed by atoms with E-state index in [4.69, 9.17) is 0 Å². The summed E-state index contributed by atoms with van der Waals surface area (Å²) in [6.07, 6.45) is 4.73. The summed E-state index contributed by atoms with van der Waals surface area (Å²) in [5, 5.41) is 0. The smallest absolute Gasteiger partial charge is 0.0213 e. The molecule has 0 nitrogen and oxygen atoms in total. The first-order valence-electron chi connectivity index (χ1n) is 5.43. The summed E-state index contributed by atoms with van der Waals surface area (Å²) in [6, 6.07) is 0. The highest BCUT2D eigenvalue weighted by Gasteiger charge is 2.17. The Kier molecular flexibility index (Phi) is 4.74. The van der Waals surface area contributed by atoms with Gasteiger partial charge in [0.25, 0.3) is 0 Å². The van der Waals surface area contributed by atoms with Gasteiger partial charge >= 0.3 is 0 Å². The zero-order chi connectivity index (χ0) is 10.6. The predicted octanol–water partition coefficient (Wildman–Crippen LogP) is 4.52. The maximum absolute atomic E-state index is 2.37. The molecule has 78 valence electrons. The van der Waals surface area contributed by atoms with E-state index >= 15 is 0 Å². The first kappa shape index (κ1) is 12.7. The van der Waals surface area contributed by atoms with Crippen molar-refractivity contribution in [3.8, 4) is 0 Å². The van der Waals surface area contributed by atoms with Crippen LogP contribution in [0.5, 0.6) is 0 Å². The molecule has 0 aliphatic heterocycles. The summed E-state index contributed by atoms with van der Waals surface area (Å²) < 4.78 is 0. The van der Waals surface area contributed by atoms with Crippen LogP contribution in [0.1, 0.15) is 48.5 Å². The largest absolute Gasteiger partial charge is 0.0852 e. The van der Waals surface area contributed by atoms with Crippen molar-refractivity contribution in [2.45, 2.75) is 48.5 Å². The van der Waals surface area contributed by atoms with Gasteiger partial charge in [0, 0.05) is 0 Å². The first-order valence-corrected chi connectivity index (χ1v) is 5.43. The monoisotopic (exact) mass is 182 g/mol. The van der Waals surface area contributed by atoms with Gasteiger partial charge in [-0.05, 0) is 23.2 Å². The summed E-state index contributed by atoms with van der Waals surface area (Å²) in [5.41, 5.74) is 0.396. The molecule has 0 aromatic rings. The molecule has 0 N–H and O–H groups in total. The van der Waals surface area contributed by atoms with Crippen molar-refractivity contribution in [2.75, 3.05) is 0 Å². The van der Waals surface area contributed by atoms with Crippen molar-refractivity contribution in [2.24, 2.45) is 23.2 Å². The second kappa shape index (κ2) is 4.83. The number of hydrogen-bond acceptors (Lipinski definition) is 0. The van der Waals surface area contributed by atoms with Gasteiger partial charge in [-0.3, -0.25) is 0 Å². The molecule has 0 fully saturated rings. The molecule has 0 aromatic heterocycles. The van der Waals surface area contributed by atoms with Gasteiger partial charge in [-0.15, -0.1) is 0 Å². The SMILES string of the molecule is CC(C)C(C)/C=C/[C@H](C)C(C)(C)C. The third kappa shape index (κ3) is 5.13. The van der Waals surface area contributed by atoms with Gasteiger partial charge in [0.1, 0.15) is 0 Å². The molecule has 0 heteroatoms. The van der Waals surface area contributed by atoms with Crippen LogP contribution in [0.2, 0.25) is 0 Å². The molecule has 0 bridgehead atoms. The molecule has 2 atom stereocenters. The van der Waals surface area contributed by atoms with Crippen LogP contribution in [0.4, 0.5) is 0 Å². The van der Waals surface area contributed by atoms with Crippen molar-refractivity contribution in [3.05, 3.63) is 12.2 Å². The van der Waals surface area contributed by atoms with Crippen LogP contribution in [0.25, 0.3) is 0 Å². The lowest BCUT2D eigenvalue weighted by molar-refractivity contribution is 0.312. The van der Waals surface area contributed by atoms with Crippen LogP contribution in [0.3, 0.4) is 0 Å². The third-order valence-electron chi connectivity index (χ3n) is 3.12. The molecule has 0 aliphatic rings. The predicted molar refractivity (Wildman–Crippen MR) is 61.8 cm³/mol. The fourth-order valence-electron chi connectivity index (χ4n) is 0.853. The van der Waals surface area contributed by atoms with Gasteiger partial charge < -0.3 is 0 Å². The van der Waals surface area contributed by atoms with Gasteiger partial charge in [-0.2, -0.15) is 0 Å². The van der Waals surface area contributed by atoms with E-state index in [1.165, 1.54) is 0 Å². The van der Waals surface area contributed by atoms with E-state index in [1.54, 1.807) is 0 Å². The fourth-order valence-corrected chi connectivity index (χ4v) is 0.853. The Hall–Kier alpha value is -0.260. The lowest BCUT2D eigenvalue weighted by Crippen LogP contribution is -2.15. The van der Waals surface area contributed by atoms with Crippen LogP contribution in [-0.2, 0) is 0 Å². The highest BCUT2D eigenvalue weighted by atomic mass is 14.2. The maximum Gasteiger partial charge on any atom is -0.0213 e. The summed E-state index contributed by atoms with van der Waals surface area (Å²) in [6.45, 7) is 16.0. The van der Waals surface area contributed by atoms with Crippen LogP contribution >= 0.6 is 0 Å². The zero-order valence-electron chi connectivity index (χ0n) is 10.4. The molecular formula is C13H26. The molecule has 0 amide bonds. The van der Waals surface area contributed by atoms with Crippen molar-refractivity contribution < 1.29 is 0 Å². The van der Waals surface area contributed by atoms with E-state index in [1.807, 2.05) is 0 Å². The molecule has 13 heavy (non-hydrogen) atoms. The van der Waals surface area contributed by atoms with Crippen molar-refractivity contribution in [3.63, 3.8) is 0 Å². The zero-order valence-corrected chi connectivity index (χ0v) is 10.4. The van der Waals surface area contributed by atoms with Gasteiger partial charge in [0.05, 0.1) is 0 Å². The maximum atomic E-state index is 2.37. The van der Waals surface area contributed by atoms with E-state index in [-0.39, 0.29) is 0 Å². The standard InChI is InChI=1S/C13H26/c1-10(2)11(3)8-9-12(4)13(5,6)7/h8-12H,1-7H3/b9-8+/t11?,12-/m0/s1. The normalized spacial score (nSPS) is 18.2. The van der Waals surface area contributed by atoms with Crippen molar-refractivity contribution >= 4 is 0 Å². The van der Waals surface area contributed by atoms with Crippen LogP contribution in [-0.4, -0.2) is 0 Å². The Balaban J connectivity index is 4.12. The lowest BCUT2D eigenvalue weighted by atomic mass is 9.81. The first-order chi connectivity index (χ1) is 5.75. The Morgan fingerprint density at radius 2 is 1.31 bits per heavy atom. The minimum Gasteiger partial charge on any atom is -0.0852 e. The third-order valence-corrected chi connectivity index (χ3v) is 3.12. The number of allylic oxidation sites excluding steroid dienone is 2. The van der Waals surface area contributed by atoms with Gasteiger partial charge in [-0.25, -0.2) is 0 Å². The number of hydrogen-bond donors (Lipinski definition) is 0. The highest BCUT2D eigenvalue weighted by molar-refractivity contribution is 4.94. The van der Waals surface area contributed by atoms with Crippen molar-refractivity contribution in [1.29, 1.82) is 0 Å². The van der Waals surface area contributed by atoms with E-state index in [2.05, 4.69) is 60.6 Å². The topological polar surface area (TPSA) is 0 Å². The Morgan fingerprint density at radius 1 is 0.846 bits per heavy atom. The quantitative estimate of drug-likeness (QED) is 0.563. The van der Waals surface area contributed by atoms with Crippen LogP contribution in [0, 0.1) is 23.2 Å². The second-order valence-corrected chi connectivity index (χ2v) is 5.64. The number of rotatable bonds is 3. The fraction of sp³-hybridized carbons (Fsp3) is 0.846. The van der Waals surface area contributed by atoms with Gasteiger partial charge in [0.15, 0.2) is 0 Å². The second-order valence-electron chi connectivity index (χ2n) is 5.64. The molecule has 0 spiro atoms. The minimum absolute atomic E-state index is 0.396. The van der Waals surface area contributed by atoms with E-state index in [0.717, 1.165) is 5.92 Å². The molecule has 0 aromatic carbocycles. The summed E-state index contributed by atoms with van der Waals surface area (Å²) in [5.74, 6) is 2.11. The average molecular weight is 182 g/mol. The van der Waals surface area contributed by atoms with E-state index in [0.29, 0.717) is 17.3 Å². The van der Waals surface area contributed by atoms with Crippen LogP contribution < -0.4 is 0 Å². The van der Waals surface area contributed by atoms with Crippen molar-refractivity contribution in [1.82, 2.24) is 0 Å². The lowest BCUT2D eigenvalue weighted by Gasteiger charge is -2.24. The van der Waals surface area contributed by atoms with Crippen LogP contribution in [0.15, 0.2) is 12.2 Å². The Bertz CT molecular complexity index is 157. The highest BCUT2D eigenvalue weighted by Crippen LogP contribution is 2.27. The van der Waals surface area contributed by atoms with E-state index < -0.39 is 0 Å². The molecule has 0 radical (unpaired) electrons. The molecule has 0 aliphatic carbocycles. The van der Waals surface area contributed by atoms with Gasteiger partial charge in [-0.1, -0.05) is 60.6 Å². The molecule has 1 unspecified atom stereocenters. The van der Waals surface area contributed by atoms with Gasteiger partial charge in [0.2, 0.25) is 0 Å². The minimum atomic E-state index is 0.396. The molecule has 0 saturated heterocycles. The molecular weight excluding hydrogens is 156 g/mol. The average Bonchev–Trinajstić information content (AvgIpc) is 1.97. The molecule has 0 heterocycles. The Morgan fingerprint density at radius 3 is 1.62 bits per heavy atom. The molecule has 0 rings (SSSR count).